The summed E-state index contributed by atoms with van der Waals surface area (Å²) >= 11 is 0. The number of piperidine rings is 1. The Labute approximate surface area is 218 Å². The highest BCUT2D eigenvalue weighted by molar-refractivity contribution is 5.93. The molecule has 198 valence electrons. The second-order valence-electron chi connectivity index (χ2n) is 9.81. The van der Waals surface area contributed by atoms with Gasteiger partial charge in [-0.3, -0.25) is 0 Å². The Bertz CT molecular complexity index is 1070. The predicted octanol–water partition coefficient (Wildman–Crippen LogP) is 4.03. The van der Waals surface area contributed by atoms with Gasteiger partial charge in [-0.15, -0.1) is 0 Å². The van der Waals surface area contributed by atoms with E-state index in [0.717, 1.165) is 42.0 Å². The van der Waals surface area contributed by atoms with Crippen LogP contribution in [-0.4, -0.2) is 60.2 Å². The summed E-state index contributed by atoms with van der Waals surface area (Å²) in [7, 11) is 1.96. The number of hydrogen-bond acceptors (Lipinski definition) is 8. The molecule has 0 radical (unpaired) electrons. The molecule has 2 aromatic carbocycles. The highest BCUT2D eigenvalue weighted by Crippen LogP contribution is 2.40. The molecule has 0 bridgehead atoms. The van der Waals surface area contributed by atoms with Crippen molar-refractivity contribution in [3.05, 3.63) is 72.3 Å². The smallest absolute Gasteiger partial charge is 0.335 e. The van der Waals surface area contributed by atoms with E-state index in [1.54, 1.807) is 0 Å². The van der Waals surface area contributed by atoms with Crippen molar-refractivity contribution < 1.29 is 28.9 Å². The minimum Gasteiger partial charge on any atom is -0.494 e. The van der Waals surface area contributed by atoms with Crippen molar-refractivity contribution in [3.8, 4) is 5.75 Å². The zero-order valence-corrected chi connectivity index (χ0v) is 21.6. The Kier molecular flexibility index (Phi) is 8.51. The van der Waals surface area contributed by atoms with Gasteiger partial charge in [0.25, 0.3) is 0 Å². The minimum atomic E-state index is -1.68. The summed E-state index contributed by atoms with van der Waals surface area (Å²) in [4.78, 5) is 28.7. The lowest BCUT2D eigenvalue weighted by atomic mass is 9.85. The Hall–Kier alpha value is -3.36. The number of unbranched alkanes of at least 4 members (excludes halogenated alkanes) is 1. The number of hydrogen-bond donors (Lipinski definition) is 1. The molecule has 2 heterocycles. The first-order chi connectivity index (χ1) is 17.8. The van der Waals surface area contributed by atoms with Crippen LogP contribution in [0.4, 0.5) is 5.69 Å². The molecule has 4 rings (SSSR count). The molecule has 1 spiro atoms. The molecule has 8 nitrogen and oxygen atoms in total. The van der Waals surface area contributed by atoms with Crippen LogP contribution >= 0.6 is 0 Å². The lowest BCUT2D eigenvalue weighted by Crippen LogP contribution is -2.62. The van der Waals surface area contributed by atoms with Gasteiger partial charge in [-0.25, -0.2) is 14.5 Å². The topological polar surface area (TPSA) is 88.5 Å². The van der Waals surface area contributed by atoms with E-state index in [2.05, 4.69) is 11.8 Å². The van der Waals surface area contributed by atoms with Crippen LogP contribution in [-0.2, 0) is 25.6 Å². The number of carbonyl (C=O) groups excluding carboxylic acids is 2. The summed E-state index contributed by atoms with van der Waals surface area (Å²) in [5.74, 6) is -2.20. The van der Waals surface area contributed by atoms with Crippen molar-refractivity contribution in [1.82, 2.24) is 4.90 Å². The molecular formula is C29H36N2O6. The number of anilines is 1. The maximum absolute atomic E-state index is 12.4. The Morgan fingerprint density at radius 3 is 2.35 bits per heavy atom. The number of esters is 2. The third kappa shape index (κ3) is 6.90. The standard InChI is InChI=1S/C29H36N2O6/c1-3-4-20-35-25-12-10-24(11-13-25)30(2)18-16-28(34)17-19-31(21-23-8-6-5-7-9-23)29(22-28)36-26(32)14-15-27(33)37-29/h5-15,34H,3-4,16-22H2,1-2H3. The molecule has 0 aliphatic carbocycles. The van der Waals surface area contributed by atoms with Crippen molar-refractivity contribution in [2.75, 3.05) is 31.6 Å². The molecule has 8 heteroatoms. The summed E-state index contributed by atoms with van der Waals surface area (Å²) in [6.45, 7) is 4.18. The number of ether oxygens (including phenoxy) is 3. The molecule has 0 aromatic heterocycles. The number of benzene rings is 2. The second-order valence-corrected chi connectivity index (χ2v) is 9.81. The summed E-state index contributed by atoms with van der Waals surface area (Å²) in [6.07, 6.45) is 5.05. The van der Waals surface area contributed by atoms with Gasteiger partial charge in [0.1, 0.15) is 5.75 Å². The van der Waals surface area contributed by atoms with Crippen molar-refractivity contribution in [1.29, 1.82) is 0 Å². The van der Waals surface area contributed by atoms with Crippen LogP contribution in [0.5, 0.6) is 5.75 Å². The van der Waals surface area contributed by atoms with E-state index in [1.807, 2.05) is 66.5 Å². The molecule has 1 N–H and O–H groups in total. The molecule has 0 amide bonds. The summed E-state index contributed by atoms with van der Waals surface area (Å²) < 4.78 is 17.2. The van der Waals surface area contributed by atoms with Crippen LogP contribution < -0.4 is 9.64 Å². The minimum absolute atomic E-state index is 0.0377. The van der Waals surface area contributed by atoms with E-state index in [0.29, 0.717) is 39.1 Å². The van der Waals surface area contributed by atoms with E-state index in [4.69, 9.17) is 14.2 Å². The molecule has 1 fully saturated rings. The lowest BCUT2D eigenvalue weighted by Gasteiger charge is -2.49. The van der Waals surface area contributed by atoms with Gasteiger partial charge < -0.3 is 24.2 Å². The zero-order valence-electron chi connectivity index (χ0n) is 21.6. The van der Waals surface area contributed by atoms with Gasteiger partial charge >= 0.3 is 17.8 Å². The molecule has 1 atom stereocenters. The molecule has 2 aromatic rings. The van der Waals surface area contributed by atoms with Crippen molar-refractivity contribution in [2.45, 2.75) is 57.1 Å². The first-order valence-corrected chi connectivity index (χ1v) is 12.9. The van der Waals surface area contributed by atoms with Crippen LogP contribution in [0.2, 0.25) is 0 Å². The van der Waals surface area contributed by atoms with E-state index >= 15 is 0 Å². The number of rotatable bonds is 10. The van der Waals surface area contributed by atoms with Gasteiger partial charge in [-0.05, 0) is 49.1 Å². The fourth-order valence-corrected chi connectivity index (χ4v) is 4.72. The highest BCUT2D eigenvalue weighted by atomic mass is 16.8. The number of carbonyl (C=O) groups is 2. The third-order valence-electron chi connectivity index (χ3n) is 6.93. The van der Waals surface area contributed by atoms with Gasteiger partial charge in [0.15, 0.2) is 0 Å². The van der Waals surface area contributed by atoms with Gasteiger partial charge in [-0.1, -0.05) is 43.7 Å². The average Bonchev–Trinajstić information content (AvgIpc) is 3.03. The fraction of sp³-hybridized carbons (Fsp3) is 0.448. The van der Waals surface area contributed by atoms with E-state index in [-0.39, 0.29) is 6.42 Å². The highest BCUT2D eigenvalue weighted by Gasteiger charge is 2.54. The Morgan fingerprint density at radius 1 is 1.03 bits per heavy atom. The lowest BCUT2D eigenvalue weighted by molar-refractivity contribution is -0.318. The molecule has 1 saturated heterocycles. The average molecular weight is 509 g/mol. The SMILES string of the molecule is CCCCOc1ccc(N(C)CCC2(O)CCN(Cc3ccccc3)C3(C2)OC(=O)C=CC(=O)O3)cc1. The molecule has 1 unspecified atom stereocenters. The van der Waals surface area contributed by atoms with Crippen LogP contribution in [0, 0.1) is 0 Å². The van der Waals surface area contributed by atoms with E-state index in [9.17, 15) is 14.7 Å². The predicted molar refractivity (Wildman–Crippen MR) is 140 cm³/mol. The monoisotopic (exact) mass is 508 g/mol. The normalized spacial score (nSPS) is 21.3. The quantitative estimate of drug-likeness (QED) is 0.380. The summed E-state index contributed by atoms with van der Waals surface area (Å²) in [5, 5.41) is 11.6. The summed E-state index contributed by atoms with van der Waals surface area (Å²) in [5.41, 5.74) is 0.785. The van der Waals surface area contributed by atoms with Gasteiger partial charge in [-0.2, -0.15) is 0 Å². The van der Waals surface area contributed by atoms with Gasteiger partial charge in [0.05, 0.1) is 18.6 Å². The maximum Gasteiger partial charge on any atom is 0.335 e. The molecule has 2 aliphatic rings. The van der Waals surface area contributed by atoms with Gasteiger partial charge in [0.2, 0.25) is 0 Å². The molecule has 2 aliphatic heterocycles. The van der Waals surface area contributed by atoms with Crippen molar-refractivity contribution in [2.24, 2.45) is 0 Å². The second kappa shape index (κ2) is 11.8. The van der Waals surface area contributed by atoms with Crippen molar-refractivity contribution in [3.63, 3.8) is 0 Å². The number of nitrogens with zero attached hydrogens (tertiary/aromatic N) is 2. The summed E-state index contributed by atoms with van der Waals surface area (Å²) in [6, 6.07) is 17.6. The third-order valence-corrected chi connectivity index (χ3v) is 6.93. The molecule has 37 heavy (non-hydrogen) atoms. The number of likely N-dealkylation sites (tertiary alicyclic amines) is 1. The van der Waals surface area contributed by atoms with Crippen LogP contribution in [0.3, 0.4) is 0 Å². The Balaban J connectivity index is 1.45. The maximum atomic E-state index is 12.4. The van der Waals surface area contributed by atoms with Gasteiger partial charge in [0, 0.05) is 44.5 Å². The van der Waals surface area contributed by atoms with Crippen molar-refractivity contribution >= 4 is 17.6 Å². The largest absolute Gasteiger partial charge is 0.494 e. The first kappa shape index (κ1) is 26.7. The number of aliphatic hydroxyl groups is 1. The van der Waals surface area contributed by atoms with E-state index in [1.165, 1.54) is 0 Å². The first-order valence-electron chi connectivity index (χ1n) is 12.9. The van der Waals surface area contributed by atoms with Crippen LogP contribution in [0.25, 0.3) is 0 Å². The van der Waals surface area contributed by atoms with Crippen LogP contribution in [0.15, 0.2) is 66.7 Å². The molecule has 0 saturated carbocycles. The Morgan fingerprint density at radius 2 is 1.70 bits per heavy atom. The zero-order chi connectivity index (χ0) is 26.3. The van der Waals surface area contributed by atoms with E-state index < -0.39 is 23.5 Å². The van der Waals surface area contributed by atoms with Crippen LogP contribution in [0.1, 0.15) is 44.6 Å². The fourth-order valence-electron chi connectivity index (χ4n) is 4.72. The molecular weight excluding hydrogens is 472 g/mol.